The van der Waals surface area contributed by atoms with E-state index in [4.69, 9.17) is 4.42 Å². The number of carbonyl (C=O) groups is 1. The van der Waals surface area contributed by atoms with E-state index in [2.05, 4.69) is 15.5 Å². The van der Waals surface area contributed by atoms with Crippen molar-refractivity contribution in [2.75, 3.05) is 16.8 Å². The molecule has 30 heavy (non-hydrogen) atoms. The van der Waals surface area contributed by atoms with Crippen LogP contribution in [0.5, 0.6) is 0 Å². The third-order valence-electron chi connectivity index (χ3n) is 4.21. The van der Waals surface area contributed by atoms with Crippen LogP contribution in [-0.4, -0.2) is 44.4 Å². The Labute approximate surface area is 174 Å². The van der Waals surface area contributed by atoms with Gasteiger partial charge in [0.25, 0.3) is 5.91 Å². The minimum atomic E-state index is -3.51. The largest absolute Gasteiger partial charge is 0.408 e. The van der Waals surface area contributed by atoms with E-state index in [1.165, 1.54) is 43.3 Å². The second kappa shape index (κ2) is 8.76. The van der Waals surface area contributed by atoms with Crippen LogP contribution in [0.25, 0.3) is 0 Å². The maximum Gasteiger partial charge on any atom is 0.322 e. The maximum atomic E-state index is 12.4. The number of hydrogen-bond acceptors (Lipinski definition) is 8. The zero-order valence-electron chi connectivity index (χ0n) is 16.0. The van der Waals surface area contributed by atoms with Gasteiger partial charge >= 0.3 is 6.01 Å². The number of rotatable bonds is 8. The molecule has 0 atom stereocenters. The van der Waals surface area contributed by atoms with Gasteiger partial charge in [0, 0.05) is 12.0 Å². The zero-order chi connectivity index (χ0) is 21.8. The molecule has 2 aromatic carbocycles. The number of anilines is 1. The highest BCUT2D eigenvalue weighted by molar-refractivity contribution is 7.91. The Morgan fingerprint density at radius 3 is 2.33 bits per heavy atom. The summed E-state index contributed by atoms with van der Waals surface area (Å²) in [5.41, 5.74) is 0.107. The van der Waals surface area contributed by atoms with Crippen LogP contribution in [0.1, 0.15) is 23.2 Å². The van der Waals surface area contributed by atoms with Gasteiger partial charge in [0.2, 0.25) is 5.89 Å². The lowest BCUT2D eigenvalue weighted by Gasteiger charge is -2.04. The molecule has 0 aliphatic carbocycles. The van der Waals surface area contributed by atoms with Gasteiger partial charge in [0.05, 0.1) is 21.3 Å². The molecule has 9 nitrogen and oxygen atoms in total. The summed E-state index contributed by atoms with van der Waals surface area (Å²) >= 11 is 0. The maximum absolute atomic E-state index is 12.4. The molecular weight excluding hydrogens is 430 g/mol. The van der Waals surface area contributed by atoms with Gasteiger partial charge in [-0.3, -0.25) is 10.1 Å². The molecule has 3 aromatic rings. The smallest absolute Gasteiger partial charge is 0.322 e. The lowest BCUT2D eigenvalue weighted by Crippen LogP contribution is -2.13. The summed E-state index contributed by atoms with van der Waals surface area (Å²) in [7, 11) is -6.96. The summed E-state index contributed by atoms with van der Waals surface area (Å²) in [5.74, 6) is -0.900. The molecule has 0 saturated carbocycles. The summed E-state index contributed by atoms with van der Waals surface area (Å²) in [6.07, 6.45) is -0.0235. The molecule has 0 spiro atoms. The first kappa shape index (κ1) is 21.7. The highest BCUT2D eigenvalue weighted by Gasteiger charge is 2.18. The van der Waals surface area contributed by atoms with Gasteiger partial charge in [0.1, 0.15) is 0 Å². The SMILES string of the molecule is CCS(=O)(=O)c1cccc(C(=O)Nc2nnc(CCS(=O)(=O)c3ccccc3)o2)c1. The fourth-order valence-electron chi connectivity index (χ4n) is 2.54. The number of amides is 1. The summed E-state index contributed by atoms with van der Waals surface area (Å²) < 4.78 is 53.8. The Bertz CT molecular complexity index is 1250. The van der Waals surface area contributed by atoms with Crippen molar-refractivity contribution in [3.8, 4) is 0 Å². The molecule has 0 bridgehead atoms. The van der Waals surface area contributed by atoms with Crippen LogP contribution in [0, 0.1) is 0 Å². The Hall–Kier alpha value is -3.05. The predicted octanol–water partition coefficient (Wildman–Crippen LogP) is 2.13. The number of benzene rings is 2. The quantitative estimate of drug-likeness (QED) is 0.552. The van der Waals surface area contributed by atoms with Crippen LogP contribution < -0.4 is 5.32 Å². The molecule has 0 aliphatic rings. The summed E-state index contributed by atoms with van der Waals surface area (Å²) in [4.78, 5) is 12.6. The third kappa shape index (κ3) is 5.10. The molecule has 11 heteroatoms. The van der Waals surface area contributed by atoms with E-state index in [-0.39, 0.29) is 45.2 Å². The van der Waals surface area contributed by atoms with E-state index in [1.807, 2.05) is 0 Å². The Kier molecular flexibility index (Phi) is 6.32. The van der Waals surface area contributed by atoms with Crippen molar-refractivity contribution in [1.29, 1.82) is 0 Å². The second-order valence-electron chi connectivity index (χ2n) is 6.27. The molecule has 0 radical (unpaired) electrons. The minimum absolute atomic E-state index is 0.0235. The van der Waals surface area contributed by atoms with Crippen LogP contribution in [0.15, 0.2) is 68.8 Å². The minimum Gasteiger partial charge on any atom is -0.408 e. The summed E-state index contributed by atoms with van der Waals surface area (Å²) in [6, 6.07) is 13.4. The first-order chi connectivity index (χ1) is 14.2. The monoisotopic (exact) mass is 449 g/mol. The lowest BCUT2D eigenvalue weighted by atomic mass is 10.2. The number of aryl methyl sites for hydroxylation is 1. The highest BCUT2D eigenvalue weighted by Crippen LogP contribution is 2.16. The second-order valence-corrected chi connectivity index (χ2v) is 10.7. The standard InChI is InChI=1S/C19H19N3O6S2/c1-2-29(24,25)16-10-6-7-14(13-16)18(23)20-19-22-21-17(28-19)11-12-30(26,27)15-8-4-3-5-9-15/h3-10,13H,2,11-12H2,1H3,(H,20,22,23). The van der Waals surface area contributed by atoms with Crippen molar-refractivity contribution in [3.05, 3.63) is 66.1 Å². The topological polar surface area (TPSA) is 136 Å². The normalized spacial score (nSPS) is 11.9. The number of nitrogens with zero attached hydrogens (tertiary/aromatic N) is 2. The van der Waals surface area contributed by atoms with Gasteiger partial charge in [0.15, 0.2) is 19.7 Å². The number of nitrogens with one attached hydrogen (secondary N) is 1. The van der Waals surface area contributed by atoms with Crippen molar-refractivity contribution in [1.82, 2.24) is 10.2 Å². The van der Waals surface area contributed by atoms with Gasteiger partial charge in [-0.2, -0.15) is 0 Å². The first-order valence-corrected chi connectivity index (χ1v) is 12.3. The number of carbonyl (C=O) groups excluding carboxylic acids is 1. The Balaban J connectivity index is 1.66. The Morgan fingerprint density at radius 1 is 0.933 bits per heavy atom. The molecule has 1 N–H and O–H groups in total. The fraction of sp³-hybridized carbons (Fsp3) is 0.211. The van der Waals surface area contributed by atoms with Crippen molar-refractivity contribution in [2.24, 2.45) is 0 Å². The molecule has 158 valence electrons. The van der Waals surface area contributed by atoms with Gasteiger partial charge in [-0.05, 0) is 30.3 Å². The molecule has 0 fully saturated rings. The van der Waals surface area contributed by atoms with E-state index < -0.39 is 25.6 Å². The lowest BCUT2D eigenvalue weighted by molar-refractivity contribution is 0.102. The van der Waals surface area contributed by atoms with Crippen LogP contribution >= 0.6 is 0 Å². The molecule has 3 rings (SSSR count). The summed E-state index contributed by atoms with van der Waals surface area (Å²) in [6.45, 7) is 1.51. The van der Waals surface area contributed by atoms with Crippen LogP contribution in [0.2, 0.25) is 0 Å². The van der Waals surface area contributed by atoms with Gasteiger partial charge in [-0.15, -0.1) is 5.10 Å². The number of aromatic nitrogens is 2. The van der Waals surface area contributed by atoms with Crippen molar-refractivity contribution in [2.45, 2.75) is 23.1 Å². The van der Waals surface area contributed by atoms with E-state index in [1.54, 1.807) is 18.2 Å². The summed E-state index contributed by atoms with van der Waals surface area (Å²) in [5, 5.41) is 9.80. The Morgan fingerprint density at radius 2 is 1.63 bits per heavy atom. The van der Waals surface area contributed by atoms with Gasteiger partial charge in [-0.1, -0.05) is 36.3 Å². The van der Waals surface area contributed by atoms with Gasteiger partial charge in [-0.25, -0.2) is 16.8 Å². The first-order valence-electron chi connectivity index (χ1n) is 8.95. The zero-order valence-corrected chi connectivity index (χ0v) is 17.6. The highest BCUT2D eigenvalue weighted by atomic mass is 32.2. The van der Waals surface area contributed by atoms with Crippen LogP contribution in [0.4, 0.5) is 6.01 Å². The van der Waals surface area contributed by atoms with E-state index >= 15 is 0 Å². The van der Waals surface area contributed by atoms with Crippen LogP contribution in [0.3, 0.4) is 0 Å². The molecule has 0 saturated heterocycles. The van der Waals surface area contributed by atoms with Crippen molar-refractivity contribution < 1.29 is 26.0 Å². The number of hydrogen-bond donors (Lipinski definition) is 1. The average molecular weight is 450 g/mol. The molecule has 1 amide bonds. The molecule has 1 aromatic heterocycles. The van der Waals surface area contributed by atoms with E-state index in [0.29, 0.717) is 0 Å². The fourth-order valence-corrected chi connectivity index (χ4v) is 4.72. The van der Waals surface area contributed by atoms with Gasteiger partial charge < -0.3 is 4.42 Å². The van der Waals surface area contributed by atoms with E-state index in [9.17, 15) is 21.6 Å². The predicted molar refractivity (Wildman–Crippen MR) is 109 cm³/mol. The molecule has 0 unspecified atom stereocenters. The number of sulfone groups is 2. The van der Waals surface area contributed by atoms with Crippen molar-refractivity contribution >= 4 is 31.6 Å². The third-order valence-corrected chi connectivity index (χ3v) is 7.67. The van der Waals surface area contributed by atoms with E-state index in [0.717, 1.165) is 0 Å². The molecular formula is C19H19N3O6S2. The molecule has 0 aliphatic heterocycles. The van der Waals surface area contributed by atoms with Crippen molar-refractivity contribution in [3.63, 3.8) is 0 Å². The average Bonchev–Trinajstić information content (AvgIpc) is 3.20. The van der Waals surface area contributed by atoms with Crippen LogP contribution in [-0.2, 0) is 26.1 Å². The molecule has 1 heterocycles.